The van der Waals surface area contributed by atoms with Crippen molar-refractivity contribution in [2.24, 2.45) is 23.5 Å². The van der Waals surface area contributed by atoms with E-state index in [0.29, 0.717) is 44.4 Å². The lowest BCUT2D eigenvalue weighted by Gasteiger charge is -2.42. The summed E-state index contributed by atoms with van der Waals surface area (Å²) in [6, 6.07) is 2.34. The van der Waals surface area contributed by atoms with Gasteiger partial charge in [-0.25, -0.2) is 9.59 Å². The van der Waals surface area contributed by atoms with Gasteiger partial charge < -0.3 is 44.7 Å². The van der Waals surface area contributed by atoms with Crippen molar-refractivity contribution < 1.29 is 62.4 Å². The van der Waals surface area contributed by atoms with Crippen LogP contribution in [0.15, 0.2) is 35.9 Å². The predicted molar refractivity (Wildman–Crippen MR) is 243 cm³/mol. The lowest BCUT2D eigenvalue weighted by atomic mass is 9.81. The van der Waals surface area contributed by atoms with Gasteiger partial charge in [-0.3, -0.25) is 34.2 Å². The number of aliphatic hydroxyl groups is 1. The molecule has 9 atom stereocenters. The van der Waals surface area contributed by atoms with Crippen LogP contribution in [0.4, 0.5) is 10.5 Å². The standard InChI is InChI=1S/C46H62ClN5O13S/c1-24-9-8-10-34(62-7)46(60)22-32(63-44(59)50-46)25(2)40-45(4,65-40)35(21-36(53)49-30-18-28(17-24)19-31(61-6)39(30)47)64-43(58)26(3)51(5)37(54)15-16-66-33-20-38(55)52(42(33)57)23-27-11-13-29(14-12-27)41(48)56/h8-10,18-19,25-27,29,32-35,40,60H,11-17,20-23H2,1-7H3,(H2,48,56)(H,49,53)(H,50,59)/b10-8+,24-9+/t25-,26+,27?,29?,32+,33?,34-,35+,40+,45+,46+/m1/s1. The van der Waals surface area contributed by atoms with Gasteiger partial charge in [0.2, 0.25) is 29.5 Å². The molecule has 362 valence electrons. The van der Waals surface area contributed by atoms with Crippen LogP contribution in [0.25, 0.3) is 0 Å². The molecule has 3 saturated heterocycles. The van der Waals surface area contributed by atoms with Crippen LogP contribution >= 0.6 is 23.4 Å². The number of likely N-dealkylation sites (tertiary alicyclic amines) is 1. The first-order chi connectivity index (χ1) is 31.2. The molecule has 1 unspecified atom stereocenters. The van der Waals surface area contributed by atoms with Crippen LogP contribution < -0.4 is 21.1 Å². The number of carbonyl (C=O) groups excluding carboxylic acids is 7. The number of ether oxygens (including phenoxy) is 5. The first kappa shape index (κ1) is 50.7. The van der Waals surface area contributed by atoms with Crippen LogP contribution in [-0.2, 0) is 54.1 Å². The summed E-state index contributed by atoms with van der Waals surface area (Å²) in [7, 11) is 4.32. The number of hydrogen-bond donors (Lipinski definition) is 4. The molecular weight excluding hydrogens is 898 g/mol. The number of likely N-dealkylation sites (N-methyl/N-ethyl adjacent to an activating group) is 1. The SMILES string of the molecule is COc1cc2cc(c1Cl)NC(=O)C[C@H](OC(=O)[C@H](C)N(C)C(=O)CCSC1CC(=O)N(CC3CCC(C(N)=O)CC3)C1=O)[C@]1(C)O[C@H]1[C@H](C)[C@@H]1C[C@@](O)(NC(=O)O1)[C@H](OC)/C=C/C=C(\C)C2. The monoisotopic (exact) mass is 959 g/mol. The minimum Gasteiger partial charge on any atom is -0.495 e. The Hall–Kier alpha value is -4.69. The first-order valence-corrected chi connectivity index (χ1v) is 23.7. The fraction of sp³-hybridized carbons (Fsp3) is 0.630. The number of benzene rings is 1. The Morgan fingerprint density at radius 2 is 1.83 bits per heavy atom. The molecule has 18 nitrogen and oxygen atoms in total. The van der Waals surface area contributed by atoms with E-state index in [2.05, 4.69) is 10.6 Å². The minimum absolute atomic E-state index is 0.0243. The van der Waals surface area contributed by atoms with Crippen molar-refractivity contribution >= 4 is 70.6 Å². The van der Waals surface area contributed by atoms with Gasteiger partial charge in [0.1, 0.15) is 40.7 Å². The molecule has 4 bridgehead atoms. The molecule has 4 aliphatic heterocycles. The van der Waals surface area contributed by atoms with Crippen molar-refractivity contribution in [1.82, 2.24) is 15.1 Å². The third-order valence-corrected chi connectivity index (χ3v) is 15.2. The van der Waals surface area contributed by atoms with Gasteiger partial charge in [-0.2, -0.15) is 0 Å². The van der Waals surface area contributed by atoms with Gasteiger partial charge in [-0.05, 0) is 76.5 Å². The second kappa shape index (κ2) is 21.1. The summed E-state index contributed by atoms with van der Waals surface area (Å²) in [5.41, 5.74) is 4.20. The van der Waals surface area contributed by atoms with E-state index < -0.39 is 83.2 Å². The van der Waals surface area contributed by atoms with E-state index >= 15 is 0 Å². The number of rotatable bonds is 12. The molecule has 1 aromatic carbocycles. The highest BCUT2D eigenvalue weighted by Crippen LogP contribution is 2.49. The Morgan fingerprint density at radius 3 is 2.50 bits per heavy atom. The summed E-state index contributed by atoms with van der Waals surface area (Å²) in [5.74, 6) is -2.83. The number of amides is 6. The predicted octanol–water partition coefficient (Wildman–Crippen LogP) is 4.03. The lowest BCUT2D eigenvalue weighted by molar-refractivity contribution is -0.161. The van der Waals surface area contributed by atoms with E-state index in [-0.39, 0.29) is 65.3 Å². The van der Waals surface area contributed by atoms with Crippen LogP contribution in [0.5, 0.6) is 5.75 Å². The van der Waals surface area contributed by atoms with Crippen LogP contribution in [-0.4, -0.2) is 137 Å². The maximum Gasteiger partial charge on any atom is 0.409 e. The van der Waals surface area contributed by atoms with Gasteiger partial charge in [0.25, 0.3) is 0 Å². The van der Waals surface area contributed by atoms with E-state index in [1.807, 2.05) is 13.0 Å². The van der Waals surface area contributed by atoms with E-state index in [4.69, 9.17) is 41.0 Å². The number of halogens is 1. The Kier molecular flexibility index (Phi) is 16.2. The number of primary amides is 1. The zero-order chi connectivity index (χ0) is 48.2. The molecule has 0 aromatic heterocycles. The number of alkyl carbamates (subject to hydrolysis) is 1. The highest BCUT2D eigenvalue weighted by atomic mass is 35.5. The number of imide groups is 1. The number of thioether (sulfide) groups is 1. The second-order valence-corrected chi connectivity index (χ2v) is 20.0. The van der Waals surface area contributed by atoms with Crippen LogP contribution in [0.2, 0.25) is 5.02 Å². The minimum atomic E-state index is -1.87. The van der Waals surface area contributed by atoms with Gasteiger partial charge >= 0.3 is 12.1 Å². The molecule has 1 aliphatic carbocycles. The number of epoxide rings is 1. The Labute approximate surface area is 393 Å². The fourth-order valence-corrected chi connectivity index (χ4v) is 10.7. The topological polar surface area (TPSA) is 246 Å². The van der Waals surface area contributed by atoms with E-state index in [9.17, 15) is 38.7 Å². The Balaban J connectivity index is 1.14. The number of esters is 1. The quantitative estimate of drug-likeness (QED) is 0.131. The molecule has 6 amide bonds. The van der Waals surface area contributed by atoms with Gasteiger partial charge in [0.15, 0.2) is 5.72 Å². The summed E-state index contributed by atoms with van der Waals surface area (Å²) in [6.45, 7) is 7.12. The Morgan fingerprint density at radius 1 is 1.12 bits per heavy atom. The number of fused-ring (bicyclic) bond motifs is 5. The molecule has 1 aromatic rings. The van der Waals surface area contributed by atoms with Crippen molar-refractivity contribution in [3.63, 3.8) is 0 Å². The number of carbonyl (C=O) groups is 7. The van der Waals surface area contributed by atoms with Gasteiger partial charge in [-0.1, -0.05) is 42.3 Å². The molecule has 4 fully saturated rings. The zero-order valence-corrected chi connectivity index (χ0v) is 40.0. The van der Waals surface area contributed by atoms with Crippen LogP contribution in [0.3, 0.4) is 0 Å². The number of methoxy groups -OCH3 is 2. The fourth-order valence-electron chi connectivity index (χ4n) is 9.35. The van der Waals surface area contributed by atoms with Gasteiger partial charge in [0.05, 0.1) is 30.6 Å². The van der Waals surface area contributed by atoms with E-state index in [0.717, 1.165) is 11.1 Å². The summed E-state index contributed by atoms with van der Waals surface area (Å²) in [6.07, 6.45) is 3.05. The van der Waals surface area contributed by atoms with Crippen molar-refractivity contribution in [1.29, 1.82) is 0 Å². The maximum atomic E-state index is 14.0. The van der Waals surface area contributed by atoms with Crippen LogP contribution in [0, 0.1) is 17.8 Å². The number of nitrogens with zero attached hydrogens (tertiary/aromatic N) is 2. The number of allylic oxidation sites excluding steroid dienone is 3. The normalized spacial score (nSPS) is 33.2. The number of anilines is 1. The zero-order valence-electron chi connectivity index (χ0n) is 38.5. The number of nitrogens with two attached hydrogens (primary N) is 1. The molecule has 66 heavy (non-hydrogen) atoms. The molecule has 20 heteroatoms. The van der Waals surface area contributed by atoms with Crippen LogP contribution in [0.1, 0.15) is 84.6 Å². The summed E-state index contributed by atoms with van der Waals surface area (Å²) in [5, 5.41) is 16.7. The third kappa shape index (κ3) is 11.5. The second-order valence-electron chi connectivity index (χ2n) is 18.3. The van der Waals surface area contributed by atoms with Gasteiger partial charge in [-0.15, -0.1) is 11.8 Å². The first-order valence-electron chi connectivity index (χ1n) is 22.3. The van der Waals surface area contributed by atoms with Crippen molar-refractivity contribution in [2.75, 3.05) is 38.9 Å². The average molecular weight is 961 g/mol. The average Bonchev–Trinajstić information content (AvgIpc) is 3.90. The summed E-state index contributed by atoms with van der Waals surface area (Å²) < 4.78 is 29.2. The Bertz CT molecular complexity index is 2130. The summed E-state index contributed by atoms with van der Waals surface area (Å²) >= 11 is 7.90. The van der Waals surface area contributed by atoms with E-state index in [1.165, 1.54) is 49.8 Å². The summed E-state index contributed by atoms with van der Waals surface area (Å²) in [4.78, 5) is 94.5. The molecule has 1 saturated carbocycles. The van der Waals surface area contributed by atoms with Crippen molar-refractivity contribution in [3.8, 4) is 5.75 Å². The molecule has 5 aliphatic rings. The molecule has 0 radical (unpaired) electrons. The van der Waals surface area contributed by atoms with E-state index in [1.54, 1.807) is 38.1 Å². The largest absolute Gasteiger partial charge is 0.495 e. The highest BCUT2D eigenvalue weighted by Gasteiger charge is 2.64. The molecular formula is C46H62ClN5O13S. The maximum absolute atomic E-state index is 14.0. The van der Waals surface area contributed by atoms with Crippen molar-refractivity contribution in [2.45, 2.75) is 133 Å². The molecule has 6 rings (SSSR count). The highest BCUT2D eigenvalue weighted by molar-refractivity contribution is 8.00. The number of nitrogens with one attached hydrogen (secondary N) is 2. The van der Waals surface area contributed by atoms with Crippen molar-refractivity contribution in [3.05, 3.63) is 46.5 Å². The lowest BCUT2D eigenvalue weighted by Crippen LogP contribution is -2.63. The molecule has 5 N–H and O–H groups in total. The molecule has 4 heterocycles. The third-order valence-electron chi connectivity index (χ3n) is 13.6. The number of hydrogen-bond acceptors (Lipinski definition) is 14. The smallest absolute Gasteiger partial charge is 0.409 e. The van der Waals surface area contributed by atoms with Gasteiger partial charge in [0, 0.05) is 57.6 Å². The molecule has 0 spiro atoms.